The second-order valence-corrected chi connectivity index (χ2v) is 9.34. The van der Waals surface area contributed by atoms with Crippen LogP contribution in [0, 0.1) is 0 Å². The zero-order valence-electron chi connectivity index (χ0n) is 20.7. The smallest absolute Gasteiger partial charge is 0.333 e. The molecule has 1 amide bonds. The van der Waals surface area contributed by atoms with E-state index in [1.807, 2.05) is 0 Å². The fourth-order valence-corrected chi connectivity index (χ4v) is 4.19. The van der Waals surface area contributed by atoms with Crippen LogP contribution in [0.3, 0.4) is 0 Å². The molecule has 2 unspecified atom stereocenters. The van der Waals surface area contributed by atoms with Crippen LogP contribution in [0.4, 0.5) is 0 Å². The molecule has 0 spiro atoms. The van der Waals surface area contributed by atoms with Crippen molar-refractivity contribution in [3.63, 3.8) is 0 Å². The summed E-state index contributed by atoms with van der Waals surface area (Å²) in [5, 5.41) is 22.2. The number of aliphatic carboxylic acids is 1. The van der Waals surface area contributed by atoms with E-state index in [0.29, 0.717) is 16.8 Å². The first kappa shape index (κ1) is 27.4. The fourth-order valence-electron chi connectivity index (χ4n) is 3.93. The molecule has 3 aromatic carbocycles. The average Bonchev–Trinajstić information content (AvgIpc) is 2.88. The lowest BCUT2D eigenvalue weighted by molar-refractivity contribution is -0.139. The van der Waals surface area contributed by atoms with Crippen LogP contribution in [-0.4, -0.2) is 50.3 Å². The normalized spacial score (nSPS) is 12.6. The number of nitrogens with two attached hydrogens (primary N) is 1. The lowest BCUT2D eigenvalue weighted by Gasteiger charge is -2.16. The van der Waals surface area contributed by atoms with Crippen molar-refractivity contribution in [1.82, 2.24) is 14.9 Å². The molecule has 0 bridgehead atoms. The summed E-state index contributed by atoms with van der Waals surface area (Å²) in [6.07, 6.45) is -0.115. The summed E-state index contributed by atoms with van der Waals surface area (Å²) in [4.78, 5) is 53.0. The van der Waals surface area contributed by atoms with Gasteiger partial charge < -0.3 is 31.0 Å². The molecule has 4 rings (SSSR count). The average molecular weight is 553 g/mol. The molecule has 39 heavy (non-hydrogen) atoms. The number of nitrogens with zero attached hydrogens (tertiary/aromatic N) is 1. The molecule has 0 radical (unpaired) electrons. The summed E-state index contributed by atoms with van der Waals surface area (Å²) in [5.74, 6) is -2.10. The van der Waals surface area contributed by atoms with Gasteiger partial charge in [0.15, 0.2) is 0 Å². The van der Waals surface area contributed by atoms with Crippen molar-refractivity contribution in [1.29, 1.82) is 0 Å². The number of benzene rings is 3. The van der Waals surface area contributed by atoms with Crippen molar-refractivity contribution < 1.29 is 24.5 Å². The van der Waals surface area contributed by atoms with E-state index >= 15 is 0 Å². The molecule has 0 saturated carbocycles. The molecule has 6 N–H and O–H groups in total. The number of aromatic hydroxyl groups is 1. The molecule has 0 aliphatic carbocycles. The number of fused-ring (bicyclic) bond motifs is 1. The molecule has 2 atom stereocenters. The maximum atomic E-state index is 13.2. The van der Waals surface area contributed by atoms with Crippen molar-refractivity contribution in [2.75, 3.05) is 6.61 Å². The van der Waals surface area contributed by atoms with Gasteiger partial charge in [-0.15, -0.1) is 0 Å². The van der Waals surface area contributed by atoms with Crippen molar-refractivity contribution in [3.8, 4) is 17.2 Å². The van der Waals surface area contributed by atoms with Crippen molar-refractivity contribution in [2.24, 2.45) is 5.73 Å². The molecular weight excluding hydrogens is 528 g/mol. The van der Waals surface area contributed by atoms with E-state index in [4.69, 9.17) is 22.1 Å². The number of H-pyrrole nitrogens is 1. The molecule has 202 valence electrons. The Morgan fingerprint density at radius 1 is 1.13 bits per heavy atom. The van der Waals surface area contributed by atoms with Crippen LogP contribution in [0.15, 0.2) is 70.3 Å². The van der Waals surface area contributed by atoms with Crippen LogP contribution >= 0.6 is 11.6 Å². The van der Waals surface area contributed by atoms with Gasteiger partial charge in [0.25, 0.3) is 11.5 Å². The highest BCUT2D eigenvalue weighted by molar-refractivity contribution is 6.34. The molecule has 1 aromatic heterocycles. The molecule has 0 saturated heterocycles. The Bertz CT molecular complexity index is 1640. The number of aromatic amines is 1. The Morgan fingerprint density at radius 3 is 2.49 bits per heavy atom. The number of carboxylic acid groups (broad SMARTS) is 1. The highest BCUT2D eigenvalue weighted by Crippen LogP contribution is 2.25. The number of carbonyl (C=O) groups excluding carboxylic acids is 1. The standard InChI is InChI=1S/C27H25ClN4O7/c1-14(29)13-39-17-9-10-20-18(12-17)25(35)32(27(38)31-20)16-7-5-15(6-8-16)11-21(26(36)37)30-24(34)23-19(28)3-2-4-22(23)33/h2-10,12,14,21,33H,11,13,29H2,1H3,(H,30,34)(H,31,38)(H,36,37). The zero-order valence-corrected chi connectivity index (χ0v) is 21.4. The molecule has 12 heteroatoms. The lowest BCUT2D eigenvalue weighted by Crippen LogP contribution is -2.42. The van der Waals surface area contributed by atoms with E-state index in [1.165, 1.54) is 36.4 Å². The van der Waals surface area contributed by atoms with Crippen LogP contribution in [-0.2, 0) is 11.2 Å². The van der Waals surface area contributed by atoms with Gasteiger partial charge in [-0.1, -0.05) is 29.8 Å². The van der Waals surface area contributed by atoms with E-state index in [9.17, 15) is 29.4 Å². The summed E-state index contributed by atoms with van der Waals surface area (Å²) >= 11 is 5.99. The third-order valence-corrected chi connectivity index (χ3v) is 6.15. The number of carbonyl (C=O) groups is 2. The minimum Gasteiger partial charge on any atom is -0.507 e. The number of rotatable bonds is 9. The van der Waals surface area contributed by atoms with Crippen LogP contribution < -0.4 is 27.0 Å². The van der Waals surface area contributed by atoms with Gasteiger partial charge in [-0.25, -0.2) is 14.2 Å². The number of carboxylic acids is 1. The number of amides is 1. The Hall–Kier alpha value is -4.61. The summed E-state index contributed by atoms with van der Waals surface area (Å²) in [5.41, 5.74) is 5.37. The van der Waals surface area contributed by atoms with Gasteiger partial charge >= 0.3 is 11.7 Å². The number of halogens is 1. The minimum absolute atomic E-state index is 0.0281. The first-order valence-electron chi connectivity index (χ1n) is 11.8. The maximum Gasteiger partial charge on any atom is 0.333 e. The highest BCUT2D eigenvalue weighted by atomic mass is 35.5. The Labute approximate surface area is 226 Å². The summed E-state index contributed by atoms with van der Waals surface area (Å²) in [6.45, 7) is 2.04. The second-order valence-electron chi connectivity index (χ2n) is 8.94. The van der Waals surface area contributed by atoms with Gasteiger partial charge in [-0.05, 0) is 55.0 Å². The van der Waals surface area contributed by atoms with Crippen molar-refractivity contribution >= 4 is 34.4 Å². The first-order chi connectivity index (χ1) is 18.5. The number of hydrogen-bond acceptors (Lipinski definition) is 7. The zero-order chi connectivity index (χ0) is 28.3. The molecule has 0 fully saturated rings. The topological polar surface area (TPSA) is 177 Å². The van der Waals surface area contributed by atoms with Crippen molar-refractivity contribution in [3.05, 3.63) is 97.7 Å². The monoisotopic (exact) mass is 552 g/mol. The number of ether oxygens (including phenoxy) is 1. The van der Waals surface area contributed by atoms with Gasteiger partial charge in [0.05, 0.1) is 27.2 Å². The van der Waals surface area contributed by atoms with Gasteiger partial charge in [0.2, 0.25) is 0 Å². The van der Waals surface area contributed by atoms with Crippen LogP contribution in [0.2, 0.25) is 5.02 Å². The second kappa shape index (κ2) is 11.4. The van der Waals surface area contributed by atoms with E-state index in [0.717, 1.165) is 4.57 Å². The van der Waals surface area contributed by atoms with E-state index < -0.39 is 29.2 Å². The third kappa shape index (κ3) is 6.11. The number of phenols is 1. The Kier molecular flexibility index (Phi) is 8.03. The predicted molar refractivity (Wildman–Crippen MR) is 145 cm³/mol. The minimum atomic E-state index is -1.35. The lowest BCUT2D eigenvalue weighted by atomic mass is 10.0. The van der Waals surface area contributed by atoms with Crippen LogP contribution in [0.5, 0.6) is 11.5 Å². The van der Waals surface area contributed by atoms with Crippen molar-refractivity contribution in [2.45, 2.75) is 25.4 Å². The highest BCUT2D eigenvalue weighted by Gasteiger charge is 2.24. The van der Waals surface area contributed by atoms with Gasteiger partial charge in [-0.2, -0.15) is 0 Å². The summed E-state index contributed by atoms with van der Waals surface area (Å²) in [6, 6.07) is 13.4. The number of aromatic nitrogens is 2. The molecule has 4 aromatic rings. The number of hydrogen-bond donors (Lipinski definition) is 5. The number of nitrogens with one attached hydrogen (secondary N) is 2. The molecule has 11 nitrogen and oxygen atoms in total. The fraction of sp³-hybridized carbons (Fsp3) is 0.185. The first-order valence-corrected chi connectivity index (χ1v) is 12.2. The quantitative estimate of drug-likeness (QED) is 0.210. The molecular formula is C27H25ClN4O7. The number of phenolic OH excluding ortho intramolecular Hbond substituents is 1. The van der Waals surface area contributed by atoms with Gasteiger partial charge in [0, 0.05) is 12.5 Å². The SMILES string of the molecule is CC(N)COc1ccc2[nH]c(=O)n(-c3ccc(CC(NC(=O)c4c(O)cccc4Cl)C(=O)O)cc3)c(=O)c2c1. The summed E-state index contributed by atoms with van der Waals surface area (Å²) in [7, 11) is 0. The van der Waals surface area contributed by atoms with E-state index in [-0.39, 0.29) is 46.5 Å². The predicted octanol–water partition coefficient (Wildman–Crippen LogP) is 2.19. The molecule has 1 heterocycles. The largest absolute Gasteiger partial charge is 0.507 e. The Morgan fingerprint density at radius 2 is 1.85 bits per heavy atom. The van der Waals surface area contributed by atoms with Crippen LogP contribution in [0.1, 0.15) is 22.8 Å². The molecule has 0 aliphatic rings. The van der Waals surface area contributed by atoms with E-state index in [2.05, 4.69) is 10.3 Å². The maximum absolute atomic E-state index is 13.2. The Balaban J connectivity index is 1.58. The third-order valence-electron chi connectivity index (χ3n) is 5.84. The molecule has 0 aliphatic heterocycles. The summed E-state index contributed by atoms with van der Waals surface area (Å²) < 4.78 is 6.54. The van der Waals surface area contributed by atoms with Gasteiger partial charge in [-0.3, -0.25) is 9.59 Å². The van der Waals surface area contributed by atoms with Crippen LogP contribution in [0.25, 0.3) is 16.6 Å². The van der Waals surface area contributed by atoms with Gasteiger partial charge in [0.1, 0.15) is 24.1 Å². The van der Waals surface area contributed by atoms with E-state index in [1.54, 1.807) is 31.2 Å².